The van der Waals surface area contributed by atoms with Gasteiger partial charge >= 0.3 is 0 Å². The van der Waals surface area contributed by atoms with Crippen molar-refractivity contribution in [2.45, 2.75) is 64.4 Å². The number of unbranched alkanes of at least 4 members (excludes halogenated alkanes) is 1. The van der Waals surface area contributed by atoms with Gasteiger partial charge in [0.25, 0.3) is 10.0 Å². The van der Waals surface area contributed by atoms with Gasteiger partial charge in [-0.15, -0.1) is 0 Å². The van der Waals surface area contributed by atoms with Crippen LogP contribution in [-0.4, -0.2) is 44.3 Å². The van der Waals surface area contributed by atoms with Crippen molar-refractivity contribution in [2.75, 3.05) is 17.4 Å². The Morgan fingerprint density at radius 1 is 0.804 bits per heavy atom. The maximum absolute atomic E-state index is 14.6. The number of carbonyl (C=O) groups excluding carboxylic acids is 2. The minimum Gasteiger partial charge on any atom is -0.354 e. The molecule has 4 aromatic rings. The van der Waals surface area contributed by atoms with Gasteiger partial charge in [-0.25, -0.2) is 8.42 Å². The number of hydrogen-bond donors (Lipinski definition) is 1. The number of aryl methyl sites for hydroxylation is 2. The summed E-state index contributed by atoms with van der Waals surface area (Å²) in [7, 11) is -4.21. The molecule has 0 saturated carbocycles. The minimum absolute atomic E-state index is 0.0495. The van der Waals surface area contributed by atoms with Crippen molar-refractivity contribution in [1.82, 2.24) is 10.2 Å². The number of carbonyl (C=O) groups is 2. The average molecular weight is 660 g/mol. The van der Waals surface area contributed by atoms with Gasteiger partial charge in [0.15, 0.2) is 0 Å². The number of amides is 2. The first-order valence-electron chi connectivity index (χ1n) is 15.5. The maximum Gasteiger partial charge on any atom is 0.264 e. The van der Waals surface area contributed by atoms with Crippen LogP contribution in [0.3, 0.4) is 0 Å². The molecule has 0 aliphatic rings. The second kappa shape index (κ2) is 15.9. The minimum atomic E-state index is -4.21. The predicted molar refractivity (Wildman–Crippen MR) is 185 cm³/mol. The maximum atomic E-state index is 14.6. The summed E-state index contributed by atoms with van der Waals surface area (Å²) in [6.07, 6.45) is 1.96. The fourth-order valence-corrected chi connectivity index (χ4v) is 6.81. The van der Waals surface area contributed by atoms with Gasteiger partial charge in [-0.1, -0.05) is 109 Å². The van der Waals surface area contributed by atoms with Gasteiger partial charge in [0.2, 0.25) is 11.8 Å². The molecule has 0 aliphatic carbocycles. The Morgan fingerprint density at radius 2 is 1.43 bits per heavy atom. The Labute approximate surface area is 278 Å². The summed E-state index contributed by atoms with van der Waals surface area (Å²) in [4.78, 5) is 30.0. The number of rotatable bonds is 14. The van der Waals surface area contributed by atoms with E-state index in [1.165, 1.54) is 17.0 Å². The number of benzene rings is 4. The van der Waals surface area contributed by atoms with Gasteiger partial charge in [-0.2, -0.15) is 0 Å². The van der Waals surface area contributed by atoms with Crippen LogP contribution in [-0.2, 0) is 32.6 Å². The Morgan fingerprint density at radius 3 is 2.07 bits per heavy atom. The van der Waals surface area contributed by atoms with Crippen LogP contribution in [0.25, 0.3) is 0 Å². The highest BCUT2D eigenvalue weighted by Gasteiger charge is 2.35. The van der Waals surface area contributed by atoms with E-state index in [-0.39, 0.29) is 23.8 Å². The molecule has 4 rings (SSSR count). The molecule has 0 bridgehead atoms. The number of anilines is 1. The standard InChI is InChI=1S/C37H42ClN3O4S/c1-5-6-23-39-37(43)35(24-30-11-8-7-9-12-30)40(25-31-19-15-27(2)16-20-31)36(42)26-41(34-14-10-13-33(38)29(34)4)46(44,45)32-21-17-28(3)18-22-32/h7-22,35H,5-6,23-26H2,1-4H3,(H,39,43)/t35-/m1/s1. The highest BCUT2D eigenvalue weighted by molar-refractivity contribution is 7.92. The summed E-state index contributed by atoms with van der Waals surface area (Å²) in [6.45, 7) is 7.68. The van der Waals surface area contributed by atoms with Crippen molar-refractivity contribution in [1.29, 1.82) is 0 Å². The molecule has 4 aromatic carbocycles. The summed E-state index contributed by atoms with van der Waals surface area (Å²) < 4.78 is 29.6. The third-order valence-corrected chi connectivity index (χ3v) is 10.2. The molecule has 46 heavy (non-hydrogen) atoms. The summed E-state index contributed by atoms with van der Waals surface area (Å²) in [5.41, 5.74) is 4.49. The first-order chi connectivity index (χ1) is 22.0. The van der Waals surface area contributed by atoms with Gasteiger partial charge in [0.05, 0.1) is 10.6 Å². The molecule has 242 valence electrons. The Hall–Kier alpha value is -4.14. The lowest BCUT2D eigenvalue weighted by Crippen LogP contribution is -2.53. The van der Waals surface area contributed by atoms with Gasteiger partial charge < -0.3 is 10.2 Å². The molecule has 0 fully saturated rings. The lowest BCUT2D eigenvalue weighted by Gasteiger charge is -2.34. The van der Waals surface area contributed by atoms with Crippen LogP contribution in [0.5, 0.6) is 0 Å². The molecule has 0 saturated heterocycles. The quantitative estimate of drug-likeness (QED) is 0.148. The number of sulfonamides is 1. The van der Waals surface area contributed by atoms with Crippen molar-refractivity contribution in [3.8, 4) is 0 Å². The molecule has 0 aliphatic heterocycles. The molecule has 0 unspecified atom stereocenters. The van der Waals surface area contributed by atoms with Crippen molar-refractivity contribution < 1.29 is 18.0 Å². The van der Waals surface area contributed by atoms with Crippen molar-refractivity contribution in [3.63, 3.8) is 0 Å². The zero-order valence-corrected chi connectivity index (χ0v) is 28.4. The second-order valence-electron chi connectivity index (χ2n) is 11.6. The van der Waals surface area contributed by atoms with E-state index in [0.29, 0.717) is 22.8 Å². The normalized spacial score (nSPS) is 11.9. The second-order valence-corrected chi connectivity index (χ2v) is 13.8. The number of halogens is 1. The first kappa shape index (κ1) is 34.7. The molecule has 0 radical (unpaired) electrons. The summed E-state index contributed by atoms with van der Waals surface area (Å²) in [5.74, 6) is -0.799. The van der Waals surface area contributed by atoms with E-state index in [9.17, 15) is 18.0 Å². The largest absolute Gasteiger partial charge is 0.354 e. The smallest absolute Gasteiger partial charge is 0.264 e. The Kier molecular flexibility index (Phi) is 12.0. The van der Waals surface area contributed by atoms with E-state index in [0.717, 1.165) is 39.4 Å². The van der Waals surface area contributed by atoms with E-state index in [2.05, 4.69) is 5.32 Å². The van der Waals surface area contributed by atoms with Gasteiger partial charge in [-0.05, 0) is 68.1 Å². The molecule has 0 heterocycles. The van der Waals surface area contributed by atoms with Gasteiger partial charge in [0, 0.05) is 24.5 Å². The van der Waals surface area contributed by atoms with Crippen LogP contribution >= 0.6 is 11.6 Å². The molecular weight excluding hydrogens is 618 g/mol. The van der Waals surface area contributed by atoms with Crippen molar-refractivity contribution in [2.24, 2.45) is 0 Å². The summed E-state index contributed by atoms with van der Waals surface area (Å²) in [6, 6.07) is 27.9. The number of hydrogen-bond acceptors (Lipinski definition) is 4. The summed E-state index contributed by atoms with van der Waals surface area (Å²) >= 11 is 6.47. The van der Waals surface area contributed by atoms with Crippen molar-refractivity contribution in [3.05, 3.63) is 130 Å². The van der Waals surface area contributed by atoms with Gasteiger partial charge in [0.1, 0.15) is 12.6 Å². The zero-order valence-electron chi connectivity index (χ0n) is 26.9. The van der Waals surface area contributed by atoms with E-state index in [4.69, 9.17) is 11.6 Å². The highest BCUT2D eigenvalue weighted by Crippen LogP contribution is 2.31. The molecule has 7 nitrogen and oxygen atoms in total. The van der Waals surface area contributed by atoms with Crippen LogP contribution in [0.15, 0.2) is 102 Å². The number of nitrogens with one attached hydrogen (secondary N) is 1. The van der Waals surface area contributed by atoms with Crippen LogP contribution in [0.1, 0.15) is 47.6 Å². The first-order valence-corrected chi connectivity index (χ1v) is 17.3. The molecular formula is C37H42ClN3O4S. The number of nitrogens with zero attached hydrogens (tertiary/aromatic N) is 2. The van der Waals surface area contributed by atoms with Crippen LogP contribution in [0.2, 0.25) is 5.02 Å². The Bertz CT molecular complexity index is 1730. The van der Waals surface area contributed by atoms with E-state index < -0.39 is 28.5 Å². The fraction of sp³-hybridized carbons (Fsp3) is 0.297. The van der Waals surface area contributed by atoms with Crippen LogP contribution < -0.4 is 9.62 Å². The molecule has 9 heteroatoms. The van der Waals surface area contributed by atoms with Crippen LogP contribution in [0.4, 0.5) is 5.69 Å². The average Bonchev–Trinajstić information content (AvgIpc) is 3.04. The predicted octanol–water partition coefficient (Wildman–Crippen LogP) is 7.02. The molecule has 2 amide bonds. The van der Waals surface area contributed by atoms with E-state index in [1.54, 1.807) is 37.3 Å². The third-order valence-electron chi connectivity index (χ3n) is 7.97. The van der Waals surface area contributed by atoms with Crippen molar-refractivity contribution >= 4 is 39.1 Å². The molecule has 1 N–H and O–H groups in total. The fourth-order valence-electron chi connectivity index (χ4n) is 5.17. The molecule has 0 aromatic heterocycles. The van der Waals surface area contributed by atoms with Gasteiger partial charge in [-0.3, -0.25) is 13.9 Å². The topological polar surface area (TPSA) is 86.8 Å². The SMILES string of the molecule is CCCCNC(=O)[C@@H](Cc1ccccc1)N(Cc1ccc(C)cc1)C(=O)CN(c1cccc(Cl)c1C)S(=O)(=O)c1ccc(C)cc1. The molecule has 0 spiro atoms. The van der Waals surface area contributed by atoms with E-state index >= 15 is 0 Å². The lowest BCUT2D eigenvalue weighted by molar-refractivity contribution is -0.140. The summed E-state index contributed by atoms with van der Waals surface area (Å²) in [5, 5.41) is 3.39. The Balaban J connectivity index is 1.81. The zero-order chi connectivity index (χ0) is 33.3. The molecule has 1 atom stereocenters. The monoisotopic (exact) mass is 659 g/mol. The van der Waals surface area contributed by atoms with E-state index in [1.807, 2.05) is 75.4 Å². The third kappa shape index (κ3) is 8.77. The highest BCUT2D eigenvalue weighted by atomic mass is 35.5. The van der Waals surface area contributed by atoms with Crippen LogP contribution in [0, 0.1) is 20.8 Å². The lowest BCUT2D eigenvalue weighted by atomic mass is 10.0.